The molecule has 0 saturated carbocycles. The van der Waals surface area contributed by atoms with Crippen LogP contribution in [0.2, 0.25) is 0 Å². The predicted octanol–water partition coefficient (Wildman–Crippen LogP) is -1.10. The molecule has 0 atom stereocenters. The molecule has 0 aromatic heterocycles. The second-order valence-electron chi connectivity index (χ2n) is 5.04. The number of quaternary nitrogens is 1. The number of hydrogen-bond acceptors (Lipinski definition) is 4. The van der Waals surface area contributed by atoms with Crippen LogP contribution in [0.3, 0.4) is 0 Å². The maximum Gasteiger partial charge on any atom is 0.335 e. The number of rotatable bonds is 3. The molecular weight excluding hydrogens is 236 g/mol. The Morgan fingerprint density at radius 1 is 1.44 bits per heavy atom. The molecule has 0 spiro atoms. The SMILES string of the molecule is CN1C=CC(C(=O)O)=CC1.C[N+](C)(C)CC(=O)[O-]. The zero-order chi connectivity index (χ0) is 14.3. The Balaban J connectivity index is 0.000000331. The molecule has 0 unspecified atom stereocenters. The fourth-order valence-electron chi connectivity index (χ4n) is 1.12. The second-order valence-corrected chi connectivity index (χ2v) is 5.04. The van der Waals surface area contributed by atoms with Gasteiger partial charge < -0.3 is 24.4 Å². The van der Waals surface area contributed by atoms with Crippen LogP contribution in [-0.2, 0) is 9.59 Å². The Labute approximate surface area is 107 Å². The van der Waals surface area contributed by atoms with Gasteiger partial charge in [-0.05, 0) is 12.3 Å². The fraction of sp³-hybridized carbons (Fsp3) is 0.500. The summed E-state index contributed by atoms with van der Waals surface area (Å²) in [4.78, 5) is 22.1. The summed E-state index contributed by atoms with van der Waals surface area (Å²) in [5.41, 5.74) is 0.373. The molecule has 0 bridgehead atoms. The minimum atomic E-state index is -1.00. The van der Waals surface area contributed by atoms with Crippen molar-refractivity contribution >= 4 is 11.9 Å². The summed E-state index contributed by atoms with van der Waals surface area (Å²) in [5, 5.41) is 18.4. The third-order valence-electron chi connectivity index (χ3n) is 1.96. The molecule has 6 nitrogen and oxygen atoms in total. The fourth-order valence-corrected chi connectivity index (χ4v) is 1.12. The Morgan fingerprint density at radius 3 is 2.22 bits per heavy atom. The van der Waals surface area contributed by atoms with Crippen molar-refractivity contribution in [2.24, 2.45) is 0 Å². The Morgan fingerprint density at radius 2 is 2.00 bits per heavy atom. The van der Waals surface area contributed by atoms with Crippen molar-refractivity contribution in [2.75, 3.05) is 41.3 Å². The second kappa shape index (κ2) is 6.80. The average molecular weight is 256 g/mol. The number of nitrogens with zero attached hydrogens (tertiary/aromatic N) is 2. The monoisotopic (exact) mass is 256 g/mol. The third-order valence-corrected chi connectivity index (χ3v) is 1.96. The van der Waals surface area contributed by atoms with Crippen molar-refractivity contribution in [1.29, 1.82) is 0 Å². The molecule has 0 radical (unpaired) electrons. The van der Waals surface area contributed by atoms with E-state index in [0.29, 0.717) is 16.6 Å². The molecule has 0 fully saturated rings. The number of carbonyl (C=O) groups excluding carboxylic acids is 1. The highest BCUT2D eigenvalue weighted by Gasteiger charge is 2.06. The minimum Gasteiger partial charge on any atom is -0.544 e. The van der Waals surface area contributed by atoms with Crippen molar-refractivity contribution in [3.63, 3.8) is 0 Å². The van der Waals surface area contributed by atoms with Crippen LogP contribution < -0.4 is 5.11 Å². The average Bonchev–Trinajstić information content (AvgIpc) is 2.15. The topological polar surface area (TPSA) is 80.7 Å². The molecule has 0 amide bonds. The summed E-state index contributed by atoms with van der Waals surface area (Å²) in [5.74, 6) is -1.86. The lowest BCUT2D eigenvalue weighted by atomic mass is 10.2. The van der Waals surface area contributed by atoms with Crippen LogP contribution in [0.1, 0.15) is 0 Å². The first kappa shape index (κ1) is 16.2. The lowest BCUT2D eigenvalue weighted by Gasteiger charge is -2.23. The Kier molecular flexibility index (Phi) is 6.12. The van der Waals surface area contributed by atoms with Crippen molar-refractivity contribution < 1.29 is 24.3 Å². The molecule has 1 aliphatic rings. The van der Waals surface area contributed by atoms with Crippen molar-refractivity contribution in [2.45, 2.75) is 0 Å². The Hall–Kier alpha value is -1.82. The van der Waals surface area contributed by atoms with E-state index in [1.807, 2.05) is 11.9 Å². The molecule has 1 N–H and O–H groups in total. The van der Waals surface area contributed by atoms with Gasteiger partial charge in [-0.25, -0.2) is 4.79 Å². The van der Waals surface area contributed by atoms with E-state index >= 15 is 0 Å². The summed E-state index contributed by atoms with van der Waals surface area (Å²) in [6.07, 6.45) is 5.03. The van der Waals surface area contributed by atoms with E-state index in [9.17, 15) is 14.7 Å². The summed E-state index contributed by atoms with van der Waals surface area (Å²) < 4.78 is 0.419. The number of carboxylic acids is 2. The number of hydrogen-bond donors (Lipinski definition) is 1. The quantitative estimate of drug-likeness (QED) is 0.648. The molecule has 0 aromatic carbocycles. The van der Waals surface area contributed by atoms with E-state index in [2.05, 4.69) is 0 Å². The highest BCUT2D eigenvalue weighted by Crippen LogP contribution is 2.04. The largest absolute Gasteiger partial charge is 0.544 e. The van der Waals surface area contributed by atoms with Crippen LogP contribution in [0, 0.1) is 0 Å². The molecular formula is C12H20N2O4. The molecule has 18 heavy (non-hydrogen) atoms. The standard InChI is InChI=1S/C7H9NO2.C5H11NO2/c1-8-4-2-6(3-5-8)7(9)10;1-6(2,3)4-5(7)8/h2-4H,5H2,1H3,(H,9,10);4H2,1-3H3. The van der Waals surface area contributed by atoms with Gasteiger partial charge in [0.05, 0.1) is 32.7 Å². The van der Waals surface area contributed by atoms with Gasteiger partial charge in [0.25, 0.3) is 0 Å². The summed E-state index contributed by atoms with van der Waals surface area (Å²) in [6.45, 7) is 0.748. The molecule has 1 aliphatic heterocycles. The van der Waals surface area contributed by atoms with Crippen molar-refractivity contribution in [3.05, 3.63) is 23.9 Å². The number of aliphatic carboxylic acids is 2. The molecule has 0 saturated heterocycles. The van der Waals surface area contributed by atoms with Crippen molar-refractivity contribution in [1.82, 2.24) is 4.90 Å². The van der Waals surface area contributed by atoms with Crippen LogP contribution in [0.25, 0.3) is 0 Å². The van der Waals surface area contributed by atoms with Crippen LogP contribution in [0.5, 0.6) is 0 Å². The van der Waals surface area contributed by atoms with Gasteiger partial charge in [0, 0.05) is 13.6 Å². The van der Waals surface area contributed by atoms with Gasteiger partial charge >= 0.3 is 5.97 Å². The Bertz CT molecular complexity index is 367. The van der Waals surface area contributed by atoms with Crippen LogP contribution >= 0.6 is 0 Å². The van der Waals surface area contributed by atoms with Gasteiger partial charge in [0.1, 0.15) is 6.54 Å². The maximum absolute atomic E-state index is 10.3. The highest BCUT2D eigenvalue weighted by molar-refractivity contribution is 5.90. The zero-order valence-electron chi connectivity index (χ0n) is 11.2. The van der Waals surface area contributed by atoms with Gasteiger partial charge in [-0.3, -0.25) is 0 Å². The summed E-state index contributed by atoms with van der Waals surface area (Å²) >= 11 is 0. The molecule has 102 valence electrons. The lowest BCUT2D eigenvalue weighted by Crippen LogP contribution is -2.45. The molecule has 1 rings (SSSR count). The van der Waals surface area contributed by atoms with Crippen LogP contribution in [0.15, 0.2) is 23.9 Å². The van der Waals surface area contributed by atoms with Gasteiger partial charge in [-0.15, -0.1) is 0 Å². The summed E-state index contributed by atoms with van der Waals surface area (Å²) in [7, 11) is 7.30. The molecule has 1 heterocycles. The van der Waals surface area contributed by atoms with Gasteiger partial charge in [-0.2, -0.15) is 0 Å². The van der Waals surface area contributed by atoms with Gasteiger partial charge in [0.15, 0.2) is 0 Å². The van der Waals surface area contributed by atoms with E-state index in [1.54, 1.807) is 39.5 Å². The first-order valence-corrected chi connectivity index (χ1v) is 5.44. The third kappa shape index (κ3) is 8.35. The van der Waals surface area contributed by atoms with E-state index in [4.69, 9.17) is 5.11 Å². The molecule has 0 aliphatic carbocycles. The molecule has 6 heteroatoms. The predicted molar refractivity (Wildman–Crippen MR) is 65.4 cm³/mol. The van der Waals surface area contributed by atoms with Crippen molar-refractivity contribution in [3.8, 4) is 0 Å². The van der Waals surface area contributed by atoms with E-state index < -0.39 is 11.9 Å². The van der Waals surface area contributed by atoms with Crippen LogP contribution in [0.4, 0.5) is 0 Å². The van der Waals surface area contributed by atoms with Gasteiger partial charge in [0.2, 0.25) is 0 Å². The minimum absolute atomic E-state index is 0.0694. The first-order chi connectivity index (χ1) is 8.11. The van der Waals surface area contributed by atoms with E-state index in [0.717, 1.165) is 0 Å². The smallest absolute Gasteiger partial charge is 0.335 e. The maximum atomic E-state index is 10.3. The number of carbonyl (C=O) groups is 2. The van der Waals surface area contributed by atoms with Crippen LogP contribution in [-0.4, -0.2) is 67.7 Å². The zero-order valence-corrected chi connectivity index (χ0v) is 11.2. The van der Waals surface area contributed by atoms with E-state index in [-0.39, 0.29) is 6.54 Å². The van der Waals surface area contributed by atoms with E-state index in [1.165, 1.54) is 0 Å². The first-order valence-electron chi connectivity index (χ1n) is 5.44. The molecule has 0 aromatic rings. The number of carboxylic acid groups (broad SMARTS) is 2. The lowest BCUT2D eigenvalue weighted by molar-refractivity contribution is -0.864. The highest BCUT2D eigenvalue weighted by atomic mass is 16.4. The van der Waals surface area contributed by atoms with Gasteiger partial charge in [-0.1, -0.05) is 6.08 Å². The summed E-state index contributed by atoms with van der Waals surface area (Å²) in [6, 6.07) is 0. The number of likely N-dealkylation sites (N-methyl/N-ethyl adjacent to an activating group) is 2. The normalized spacial score (nSPS) is 14.4.